The maximum atomic E-state index is 12.8. The van der Waals surface area contributed by atoms with E-state index in [0.717, 1.165) is 10.5 Å². The lowest BCUT2D eigenvalue weighted by atomic mass is 10.2. The zero-order valence-corrected chi connectivity index (χ0v) is 17.6. The van der Waals surface area contributed by atoms with Gasteiger partial charge in [0.15, 0.2) is 5.76 Å². The van der Waals surface area contributed by atoms with Crippen LogP contribution in [0.25, 0.3) is 0 Å². The maximum Gasteiger partial charge on any atom is 0.291 e. The van der Waals surface area contributed by atoms with E-state index in [2.05, 4.69) is 10.6 Å². The molecule has 1 atom stereocenters. The number of anilines is 2. The molecule has 7 heteroatoms. The summed E-state index contributed by atoms with van der Waals surface area (Å²) >= 11 is 7.58. The van der Waals surface area contributed by atoms with E-state index in [1.807, 2.05) is 44.2 Å². The second-order valence-electron chi connectivity index (χ2n) is 6.38. The van der Waals surface area contributed by atoms with Crippen LogP contribution in [-0.2, 0) is 4.79 Å². The Bertz CT molecular complexity index is 1010. The molecule has 0 radical (unpaired) electrons. The van der Waals surface area contributed by atoms with E-state index in [1.54, 1.807) is 24.3 Å². The fourth-order valence-corrected chi connectivity index (χ4v) is 3.88. The van der Waals surface area contributed by atoms with Crippen LogP contribution < -0.4 is 10.6 Å². The van der Waals surface area contributed by atoms with Crippen LogP contribution in [0.15, 0.2) is 70.2 Å². The lowest BCUT2D eigenvalue weighted by molar-refractivity contribution is -0.115. The van der Waals surface area contributed by atoms with Gasteiger partial charge >= 0.3 is 0 Å². The molecule has 0 spiro atoms. The summed E-state index contributed by atoms with van der Waals surface area (Å²) in [5.41, 5.74) is 2.18. The molecule has 2 N–H and O–H groups in total. The van der Waals surface area contributed by atoms with Crippen LogP contribution in [0.3, 0.4) is 0 Å². The monoisotopic (exact) mass is 428 g/mol. The number of hydrogen-bond acceptors (Lipinski definition) is 4. The Labute approximate surface area is 178 Å². The van der Waals surface area contributed by atoms with E-state index in [0.29, 0.717) is 22.8 Å². The van der Waals surface area contributed by atoms with Crippen molar-refractivity contribution in [2.24, 2.45) is 0 Å². The predicted molar refractivity (Wildman–Crippen MR) is 118 cm³/mol. The Balaban J connectivity index is 1.68. The lowest BCUT2D eigenvalue weighted by Gasteiger charge is -2.17. The highest BCUT2D eigenvalue weighted by atomic mass is 35.5. The average molecular weight is 429 g/mol. The molecule has 0 saturated heterocycles. The number of hydrogen-bond donors (Lipinski definition) is 2. The van der Waals surface area contributed by atoms with Crippen molar-refractivity contribution < 1.29 is 14.0 Å². The molecule has 0 fully saturated rings. The first kappa shape index (κ1) is 21.0. The van der Waals surface area contributed by atoms with Crippen LogP contribution in [0, 0.1) is 6.92 Å². The standard InChI is InChI=1S/C22H21ClN2O3S/c1-3-20(22(27)25-18-10-5-9-17(23)14(18)2)29-16-8-4-7-15(13-16)24-21(26)19-11-6-12-28-19/h4-13,20H,3H2,1-2H3,(H,24,26)(H,25,27). The van der Waals surface area contributed by atoms with Crippen LogP contribution in [0.1, 0.15) is 29.5 Å². The molecule has 3 rings (SSSR count). The summed E-state index contributed by atoms with van der Waals surface area (Å²) in [5.74, 6) is -0.169. The van der Waals surface area contributed by atoms with E-state index in [1.165, 1.54) is 18.0 Å². The summed E-state index contributed by atoms with van der Waals surface area (Å²) in [5, 5.41) is 6.09. The van der Waals surface area contributed by atoms with Crippen LogP contribution in [-0.4, -0.2) is 17.1 Å². The van der Waals surface area contributed by atoms with Crippen molar-refractivity contribution in [3.63, 3.8) is 0 Å². The van der Waals surface area contributed by atoms with Crippen molar-refractivity contribution >= 4 is 46.6 Å². The van der Waals surface area contributed by atoms with E-state index < -0.39 is 0 Å². The Morgan fingerprint density at radius 2 is 1.90 bits per heavy atom. The van der Waals surface area contributed by atoms with Crippen molar-refractivity contribution in [2.75, 3.05) is 10.6 Å². The minimum atomic E-state index is -0.321. The molecule has 1 heterocycles. The fraction of sp³-hybridized carbons (Fsp3) is 0.182. The van der Waals surface area contributed by atoms with E-state index in [4.69, 9.17) is 16.0 Å². The van der Waals surface area contributed by atoms with Gasteiger partial charge in [-0.3, -0.25) is 9.59 Å². The fourth-order valence-electron chi connectivity index (χ4n) is 2.69. The van der Waals surface area contributed by atoms with Crippen molar-refractivity contribution in [3.8, 4) is 0 Å². The van der Waals surface area contributed by atoms with Gasteiger partial charge in [0.05, 0.1) is 11.5 Å². The largest absolute Gasteiger partial charge is 0.459 e. The van der Waals surface area contributed by atoms with Gasteiger partial charge in [0.25, 0.3) is 5.91 Å². The summed E-state index contributed by atoms with van der Waals surface area (Å²) < 4.78 is 5.11. The second kappa shape index (κ2) is 9.67. The number of halogens is 1. The third-order valence-corrected chi connectivity index (χ3v) is 6.07. The molecule has 0 aliphatic carbocycles. The quantitative estimate of drug-likeness (QED) is 0.452. The third kappa shape index (κ3) is 5.43. The molecule has 3 aromatic rings. The van der Waals surface area contributed by atoms with E-state index in [-0.39, 0.29) is 22.8 Å². The van der Waals surface area contributed by atoms with Crippen molar-refractivity contribution in [3.05, 3.63) is 77.2 Å². The second-order valence-corrected chi connectivity index (χ2v) is 8.06. The number of amides is 2. The number of benzene rings is 2. The van der Waals surface area contributed by atoms with Crippen molar-refractivity contribution in [2.45, 2.75) is 30.4 Å². The number of carbonyl (C=O) groups excluding carboxylic acids is 2. The van der Waals surface area contributed by atoms with Crippen LogP contribution in [0.2, 0.25) is 5.02 Å². The van der Waals surface area contributed by atoms with Crippen LogP contribution >= 0.6 is 23.4 Å². The van der Waals surface area contributed by atoms with Gasteiger partial charge in [-0.15, -0.1) is 11.8 Å². The van der Waals surface area contributed by atoms with Crippen molar-refractivity contribution in [1.82, 2.24) is 0 Å². The lowest BCUT2D eigenvalue weighted by Crippen LogP contribution is -2.25. The summed E-state index contributed by atoms with van der Waals surface area (Å²) in [4.78, 5) is 25.8. The van der Waals surface area contributed by atoms with Gasteiger partial charge in [0.2, 0.25) is 5.91 Å². The molecular formula is C22H21ClN2O3S. The summed E-state index contributed by atoms with van der Waals surface area (Å²) in [6, 6.07) is 16.1. The number of thioether (sulfide) groups is 1. The molecule has 150 valence electrons. The van der Waals surface area contributed by atoms with Gasteiger partial charge in [-0.2, -0.15) is 0 Å². The Kier molecular flexibility index (Phi) is 7.01. The maximum absolute atomic E-state index is 12.8. The first-order valence-electron chi connectivity index (χ1n) is 9.15. The normalized spacial score (nSPS) is 11.7. The molecule has 0 aliphatic heterocycles. The smallest absolute Gasteiger partial charge is 0.291 e. The summed E-state index contributed by atoms with van der Waals surface area (Å²) in [6.45, 7) is 3.84. The molecule has 0 saturated carbocycles. The van der Waals surface area contributed by atoms with Gasteiger partial charge in [-0.25, -0.2) is 0 Å². The van der Waals surface area contributed by atoms with E-state index >= 15 is 0 Å². The average Bonchev–Trinajstić information content (AvgIpc) is 3.25. The minimum absolute atomic E-state index is 0.0899. The topological polar surface area (TPSA) is 71.3 Å². The molecule has 1 unspecified atom stereocenters. The molecular weight excluding hydrogens is 408 g/mol. The number of furan rings is 1. The molecule has 2 aromatic carbocycles. The highest BCUT2D eigenvalue weighted by Gasteiger charge is 2.19. The van der Waals surface area contributed by atoms with Gasteiger partial charge < -0.3 is 15.1 Å². The van der Waals surface area contributed by atoms with Gasteiger partial charge in [-0.05, 0) is 61.4 Å². The highest BCUT2D eigenvalue weighted by Crippen LogP contribution is 2.30. The molecule has 2 amide bonds. The van der Waals surface area contributed by atoms with Gasteiger partial charge in [0.1, 0.15) is 0 Å². The highest BCUT2D eigenvalue weighted by molar-refractivity contribution is 8.00. The predicted octanol–water partition coefficient (Wildman–Crippen LogP) is 6.00. The third-order valence-electron chi connectivity index (χ3n) is 4.30. The summed E-state index contributed by atoms with van der Waals surface area (Å²) in [6.07, 6.45) is 2.10. The molecule has 5 nitrogen and oxygen atoms in total. The summed E-state index contributed by atoms with van der Waals surface area (Å²) in [7, 11) is 0. The molecule has 0 aliphatic rings. The van der Waals surface area contributed by atoms with Crippen molar-refractivity contribution in [1.29, 1.82) is 0 Å². The first-order chi connectivity index (χ1) is 14.0. The van der Waals surface area contributed by atoms with E-state index in [9.17, 15) is 9.59 Å². The Morgan fingerprint density at radius 3 is 2.62 bits per heavy atom. The van der Waals surface area contributed by atoms with Gasteiger partial charge in [-0.1, -0.05) is 30.7 Å². The number of nitrogens with one attached hydrogen (secondary N) is 2. The molecule has 29 heavy (non-hydrogen) atoms. The Hall–Kier alpha value is -2.70. The van der Waals surface area contributed by atoms with Crippen LogP contribution in [0.4, 0.5) is 11.4 Å². The number of rotatable bonds is 7. The Morgan fingerprint density at radius 1 is 1.10 bits per heavy atom. The first-order valence-corrected chi connectivity index (χ1v) is 10.4. The minimum Gasteiger partial charge on any atom is -0.459 e. The molecule has 0 bridgehead atoms. The zero-order valence-electron chi connectivity index (χ0n) is 16.1. The SMILES string of the molecule is CCC(Sc1cccc(NC(=O)c2ccco2)c1)C(=O)Nc1cccc(Cl)c1C. The molecule has 1 aromatic heterocycles. The zero-order chi connectivity index (χ0) is 20.8. The number of carbonyl (C=O) groups is 2. The van der Waals surface area contributed by atoms with Crippen LogP contribution in [0.5, 0.6) is 0 Å². The van der Waals surface area contributed by atoms with Gasteiger partial charge in [0, 0.05) is 21.3 Å².